The summed E-state index contributed by atoms with van der Waals surface area (Å²) >= 11 is 0. The predicted molar refractivity (Wildman–Crippen MR) is 114 cm³/mol. The quantitative estimate of drug-likeness (QED) is 0.458. The van der Waals surface area contributed by atoms with E-state index < -0.39 is 19.9 Å². The summed E-state index contributed by atoms with van der Waals surface area (Å²) in [5, 5.41) is 0. The van der Waals surface area contributed by atoms with E-state index in [1.54, 1.807) is 38.3 Å². The monoisotopic (exact) mass is 457 g/mol. The molecule has 0 spiro atoms. The summed E-state index contributed by atoms with van der Waals surface area (Å²) in [5.41, 5.74) is 0.787. The van der Waals surface area contributed by atoms with Gasteiger partial charge in [-0.2, -0.15) is 0 Å². The van der Waals surface area contributed by atoms with Gasteiger partial charge >= 0.3 is 0 Å². The van der Waals surface area contributed by atoms with Crippen LogP contribution in [0.5, 0.6) is 11.5 Å². The van der Waals surface area contributed by atoms with Gasteiger partial charge in [-0.25, -0.2) is 21.6 Å². The molecule has 0 saturated carbocycles. The van der Waals surface area contributed by atoms with Crippen molar-refractivity contribution >= 4 is 19.9 Å². The maximum Gasteiger partial charge on any atom is 0.240 e. The van der Waals surface area contributed by atoms with Gasteiger partial charge in [0.15, 0.2) is 9.84 Å². The fourth-order valence-electron chi connectivity index (χ4n) is 2.35. The van der Waals surface area contributed by atoms with Gasteiger partial charge in [0, 0.05) is 19.4 Å². The van der Waals surface area contributed by atoms with Gasteiger partial charge < -0.3 is 14.2 Å². The van der Waals surface area contributed by atoms with Crippen LogP contribution in [0.2, 0.25) is 0 Å². The Bertz CT molecular complexity index is 986. The molecular formula is C20H27NO7S2. The predicted octanol–water partition coefficient (Wildman–Crippen LogP) is 2.00. The number of nitrogens with one attached hydrogen (secondary N) is 1. The van der Waals surface area contributed by atoms with Crippen molar-refractivity contribution in [1.29, 1.82) is 0 Å². The van der Waals surface area contributed by atoms with Gasteiger partial charge in [-0.3, -0.25) is 0 Å². The summed E-state index contributed by atoms with van der Waals surface area (Å²) in [4.78, 5) is 0.0931. The number of methoxy groups -OCH3 is 1. The third-order valence-electron chi connectivity index (χ3n) is 4.18. The summed E-state index contributed by atoms with van der Waals surface area (Å²) in [6.07, 6.45) is 0. The highest BCUT2D eigenvalue weighted by Gasteiger charge is 2.14. The minimum Gasteiger partial charge on any atom is -0.493 e. The minimum absolute atomic E-state index is 0.0195. The SMILES string of the molecule is CCS(=O)(=O)CCOc1ccc(S(=O)(=O)NCc2ccc(OCCOC)cc2)cc1. The summed E-state index contributed by atoms with van der Waals surface area (Å²) in [6.45, 7) is 2.66. The van der Waals surface area contributed by atoms with Crippen LogP contribution >= 0.6 is 0 Å². The van der Waals surface area contributed by atoms with E-state index in [1.165, 1.54) is 24.3 Å². The number of rotatable bonds is 13. The summed E-state index contributed by atoms with van der Waals surface area (Å²) in [6, 6.07) is 12.9. The van der Waals surface area contributed by atoms with E-state index in [4.69, 9.17) is 14.2 Å². The van der Waals surface area contributed by atoms with Crippen molar-refractivity contribution in [2.24, 2.45) is 0 Å². The molecule has 8 nitrogen and oxygen atoms in total. The number of benzene rings is 2. The lowest BCUT2D eigenvalue weighted by Gasteiger charge is -2.10. The molecule has 0 unspecified atom stereocenters. The highest BCUT2D eigenvalue weighted by Crippen LogP contribution is 2.17. The lowest BCUT2D eigenvalue weighted by Crippen LogP contribution is -2.23. The molecule has 0 aromatic heterocycles. The van der Waals surface area contributed by atoms with E-state index in [0.717, 1.165) is 5.56 Å². The van der Waals surface area contributed by atoms with Gasteiger partial charge in [0.25, 0.3) is 0 Å². The molecule has 0 atom stereocenters. The van der Waals surface area contributed by atoms with Crippen molar-refractivity contribution in [1.82, 2.24) is 4.72 Å². The largest absolute Gasteiger partial charge is 0.493 e. The molecule has 1 N–H and O–H groups in total. The van der Waals surface area contributed by atoms with E-state index in [-0.39, 0.29) is 29.6 Å². The van der Waals surface area contributed by atoms with E-state index in [1.807, 2.05) is 0 Å². The fourth-order valence-corrected chi connectivity index (χ4v) is 4.00. The number of hydrogen-bond donors (Lipinski definition) is 1. The zero-order chi connectivity index (χ0) is 22.0. The standard InChI is InChI=1S/C20H27NO7S2/c1-3-29(22,23)15-14-28-19-8-10-20(11-9-19)30(24,25)21-16-17-4-6-18(7-5-17)27-13-12-26-2/h4-11,21H,3,12-16H2,1-2H3. The molecule has 0 bridgehead atoms. The first-order valence-corrected chi connectivity index (χ1v) is 12.7. The second-order valence-corrected chi connectivity index (χ2v) is 10.6. The molecule has 2 aromatic carbocycles. The topological polar surface area (TPSA) is 108 Å². The molecule has 0 saturated heterocycles. The Morgan fingerprint density at radius 3 is 1.93 bits per heavy atom. The molecule has 0 aliphatic rings. The normalized spacial score (nSPS) is 11.9. The van der Waals surface area contributed by atoms with Crippen molar-refractivity contribution < 1.29 is 31.0 Å². The maximum atomic E-state index is 12.5. The Balaban J connectivity index is 1.87. The number of sulfonamides is 1. The molecule has 0 heterocycles. The van der Waals surface area contributed by atoms with Crippen LogP contribution in [0.25, 0.3) is 0 Å². The smallest absolute Gasteiger partial charge is 0.240 e. The zero-order valence-corrected chi connectivity index (χ0v) is 18.7. The van der Waals surface area contributed by atoms with E-state index in [0.29, 0.717) is 24.7 Å². The Kier molecular flexibility index (Phi) is 9.09. The highest BCUT2D eigenvalue weighted by molar-refractivity contribution is 7.91. The Morgan fingerprint density at radius 2 is 1.37 bits per heavy atom. The van der Waals surface area contributed by atoms with Gasteiger partial charge in [0.05, 0.1) is 17.3 Å². The van der Waals surface area contributed by atoms with Gasteiger partial charge in [-0.15, -0.1) is 0 Å². The first-order chi connectivity index (χ1) is 14.3. The molecule has 0 amide bonds. The maximum absolute atomic E-state index is 12.5. The van der Waals surface area contributed by atoms with Gasteiger partial charge in [-0.1, -0.05) is 19.1 Å². The molecule has 0 radical (unpaired) electrons. The number of ether oxygens (including phenoxy) is 3. The second kappa shape index (κ2) is 11.3. The van der Waals surface area contributed by atoms with E-state index in [2.05, 4.69) is 4.72 Å². The zero-order valence-electron chi connectivity index (χ0n) is 17.0. The second-order valence-electron chi connectivity index (χ2n) is 6.37. The third kappa shape index (κ3) is 7.94. The van der Waals surface area contributed by atoms with Crippen LogP contribution in [0.1, 0.15) is 12.5 Å². The summed E-state index contributed by atoms with van der Waals surface area (Å²) in [7, 11) is -5.21. The summed E-state index contributed by atoms with van der Waals surface area (Å²) < 4.78 is 66.2. The summed E-state index contributed by atoms with van der Waals surface area (Å²) in [5.74, 6) is 1.06. The lowest BCUT2D eigenvalue weighted by molar-refractivity contribution is 0.146. The Labute approximate surface area is 178 Å². The molecule has 30 heavy (non-hydrogen) atoms. The molecule has 0 fully saturated rings. The number of sulfone groups is 1. The third-order valence-corrected chi connectivity index (χ3v) is 7.27. The van der Waals surface area contributed by atoms with Crippen LogP contribution in [-0.4, -0.2) is 55.3 Å². The van der Waals surface area contributed by atoms with Gasteiger partial charge in [0.1, 0.15) is 24.7 Å². The van der Waals surface area contributed by atoms with Gasteiger partial charge in [0.2, 0.25) is 10.0 Å². The van der Waals surface area contributed by atoms with Gasteiger partial charge in [-0.05, 0) is 42.0 Å². The molecular weight excluding hydrogens is 430 g/mol. The minimum atomic E-state index is -3.70. The number of hydrogen-bond acceptors (Lipinski definition) is 7. The first-order valence-electron chi connectivity index (χ1n) is 9.39. The lowest BCUT2D eigenvalue weighted by atomic mass is 10.2. The van der Waals surface area contributed by atoms with Crippen molar-refractivity contribution in [2.45, 2.75) is 18.4 Å². The molecule has 10 heteroatoms. The van der Waals surface area contributed by atoms with E-state index >= 15 is 0 Å². The van der Waals surface area contributed by atoms with Crippen molar-refractivity contribution in [3.8, 4) is 11.5 Å². The van der Waals surface area contributed by atoms with Crippen molar-refractivity contribution in [3.05, 3.63) is 54.1 Å². The Morgan fingerprint density at radius 1 is 0.800 bits per heavy atom. The van der Waals surface area contributed by atoms with Crippen LogP contribution in [-0.2, 0) is 31.1 Å². The molecule has 2 aromatic rings. The van der Waals surface area contributed by atoms with Crippen molar-refractivity contribution in [2.75, 3.05) is 38.4 Å². The molecule has 0 aliphatic carbocycles. The average Bonchev–Trinajstić information content (AvgIpc) is 2.74. The highest BCUT2D eigenvalue weighted by atomic mass is 32.2. The van der Waals surface area contributed by atoms with Crippen LogP contribution in [0.4, 0.5) is 0 Å². The van der Waals surface area contributed by atoms with Crippen LogP contribution in [0.15, 0.2) is 53.4 Å². The van der Waals surface area contributed by atoms with Crippen LogP contribution in [0, 0.1) is 0 Å². The first kappa shape index (κ1) is 24.1. The van der Waals surface area contributed by atoms with Crippen LogP contribution in [0.3, 0.4) is 0 Å². The molecule has 166 valence electrons. The average molecular weight is 458 g/mol. The fraction of sp³-hybridized carbons (Fsp3) is 0.400. The Hall–Kier alpha value is -2.14. The molecule has 2 rings (SSSR count). The van der Waals surface area contributed by atoms with E-state index in [9.17, 15) is 16.8 Å². The molecule has 0 aliphatic heterocycles. The van der Waals surface area contributed by atoms with Crippen molar-refractivity contribution in [3.63, 3.8) is 0 Å². The van der Waals surface area contributed by atoms with Crippen LogP contribution < -0.4 is 14.2 Å².